The fraction of sp³-hybridized carbons (Fsp3) is 0.467. The lowest BCUT2D eigenvalue weighted by Crippen LogP contribution is -2.34. The van der Waals surface area contributed by atoms with E-state index in [-0.39, 0.29) is 18.4 Å². The molecule has 0 spiro atoms. The summed E-state index contributed by atoms with van der Waals surface area (Å²) < 4.78 is 5.30. The maximum Gasteiger partial charge on any atom is 0.308 e. The molecule has 5 heteroatoms. The Labute approximate surface area is 118 Å². The van der Waals surface area contributed by atoms with Gasteiger partial charge in [-0.25, -0.2) is 0 Å². The Morgan fingerprint density at radius 3 is 2.45 bits per heavy atom. The monoisotopic (exact) mass is 277 g/mol. The third-order valence-electron chi connectivity index (χ3n) is 3.80. The van der Waals surface area contributed by atoms with E-state index in [0.717, 1.165) is 5.56 Å². The number of methoxy groups -OCH3 is 1. The topological polar surface area (TPSA) is 66.8 Å². The van der Waals surface area contributed by atoms with Gasteiger partial charge in [0.15, 0.2) is 6.10 Å². The van der Waals surface area contributed by atoms with E-state index in [0.29, 0.717) is 6.54 Å². The van der Waals surface area contributed by atoms with Crippen LogP contribution in [0.3, 0.4) is 0 Å². The van der Waals surface area contributed by atoms with Gasteiger partial charge in [-0.3, -0.25) is 9.59 Å². The minimum atomic E-state index is -0.846. The number of carbonyl (C=O) groups is 2. The molecular formula is C15H19NO4. The van der Waals surface area contributed by atoms with Crippen molar-refractivity contribution >= 4 is 11.9 Å². The number of hydrogen-bond donors (Lipinski definition) is 1. The van der Waals surface area contributed by atoms with Crippen molar-refractivity contribution < 1.29 is 19.4 Å². The van der Waals surface area contributed by atoms with Gasteiger partial charge in [0.05, 0.1) is 5.92 Å². The number of aliphatic carboxylic acids is 1. The molecule has 1 aromatic rings. The number of carbonyl (C=O) groups excluding carboxylic acids is 1. The highest BCUT2D eigenvalue weighted by molar-refractivity contribution is 5.83. The van der Waals surface area contributed by atoms with E-state index >= 15 is 0 Å². The first-order valence-corrected chi connectivity index (χ1v) is 6.64. The van der Waals surface area contributed by atoms with Crippen LogP contribution in [0.2, 0.25) is 0 Å². The maximum absolute atomic E-state index is 12.5. The quantitative estimate of drug-likeness (QED) is 0.906. The van der Waals surface area contributed by atoms with Gasteiger partial charge < -0.3 is 14.7 Å². The Morgan fingerprint density at radius 1 is 1.30 bits per heavy atom. The molecule has 5 nitrogen and oxygen atoms in total. The fourth-order valence-electron chi connectivity index (χ4n) is 2.64. The van der Waals surface area contributed by atoms with Gasteiger partial charge in [-0.1, -0.05) is 37.3 Å². The van der Waals surface area contributed by atoms with Crippen LogP contribution < -0.4 is 0 Å². The van der Waals surface area contributed by atoms with E-state index in [9.17, 15) is 9.59 Å². The van der Waals surface area contributed by atoms with Gasteiger partial charge in [0.25, 0.3) is 5.91 Å². The Bertz CT molecular complexity index is 488. The van der Waals surface area contributed by atoms with Crippen molar-refractivity contribution in [3.8, 4) is 0 Å². The molecule has 1 aliphatic rings. The number of benzene rings is 1. The standard InChI is InChI=1S/C15H19NO4/c1-10-8-16(9-12(10)15(18)19)14(17)13(20-2)11-6-4-3-5-7-11/h3-7,10,12-13H,8-9H2,1-2H3,(H,18,19). The summed E-state index contributed by atoms with van der Waals surface area (Å²) in [6.07, 6.45) is -0.670. The molecule has 0 bridgehead atoms. The summed E-state index contributed by atoms with van der Waals surface area (Å²) >= 11 is 0. The second kappa shape index (κ2) is 6.05. The van der Waals surface area contributed by atoms with Gasteiger partial charge in [-0.15, -0.1) is 0 Å². The average Bonchev–Trinajstić information content (AvgIpc) is 2.83. The van der Waals surface area contributed by atoms with Crippen molar-refractivity contribution in [2.24, 2.45) is 11.8 Å². The molecule has 2 rings (SSSR count). The molecule has 108 valence electrons. The number of likely N-dealkylation sites (tertiary alicyclic amines) is 1. The van der Waals surface area contributed by atoms with Crippen LogP contribution in [-0.2, 0) is 14.3 Å². The molecule has 0 aromatic heterocycles. The van der Waals surface area contributed by atoms with E-state index in [4.69, 9.17) is 9.84 Å². The Balaban J connectivity index is 2.13. The first-order chi connectivity index (χ1) is 9.54. The SMILES string of the molecule is COC(C(=O)N1CC(C)C(C(=O)O)C1)c1ccccc1. The molecule has 3 atom stereocenters. The molecule has 1 N–H and O–H groups in total. The zero-order valence-electron chi connectivity index (χ0n) is 11.7. The normalized spacial score (nSPS) is 23.6. The molecular weight excluding hydrogens is 258 g/mol. The Morgan fingerprint density at radius 2 is 1.95 bits per heavy atom. The predicted octanol–water partition coefficient (Wildman–Crippen LogP) is 1.55. The summed E-state index contributed by atoms with van der Waals surface area (Å²) in [4.78, 5) is 25.2. The third-order valence-corrected chi connectivity index (χ3v) is 3.80. The van der Waals surface area contributed by atoms with Crippen molar-refractivity contribution in [3.05, 3.63) is 35.9 Å². The summed E-state index contributed by atoms with van der Waals surface area (Å²) in [5, 5.41) is 9.13. The smallest absolute Gasteiger partial charge is 0.308 e. The van der Waals surface area contributed by atoms with Gasteiger partial charge in [-0.2, -0.15) is 0 Å². The number of rotatable bonds is 4. The first-order valence-electron chi connectivity index (χ1n) is 6.64. The number of nitrogens with zero attached hydrogens (tertiary/aromatic N) is 1. The van der Waals surface area contributed by atoms with Gasteiger partial charge >= 0.3 is 5.97 Å². The van der Waals surface area contributed by atoms with Crippen LogP contribution in [0.25, 0.3) is 0 Å². The lowest BCUT2D eigenvalue weighted by Gasteiger charge is -2.22. The van der Waals surface area contributed by atoms with Crippen molar-refractivity contribution in [2.45, 2.75) is 13.0 Å². The molecule has 1 aromatic carbocycles. The zero-order chi connectivity index (χ0) is 14.7. The van der Waals surface area contributed by atoms with Crippen molar-refractivity contribution in [1.29, 1.82) is 0 Å². The number of hydrogen-bond acceptors (Lipinski definition) is 3. The summed E-state index contributed by atoms with van der Waals surface area (Å²) in [7, 11) is 1.49. The highest BCUT2D eigenvalue weighted by atomic mass is 16.5. The largest absolute Gasteiger partial charge is 0.481 e. The first kappa shape index (κ1) is 14.5. The van der Waals surface area contributed by atoms with Crippen molar-refractivity contribution in [1.82, 2.24) is 4.90 Å². The molecule has 1 saturated heterocycles. The number of carboxylic acids is 1. The molecule has 3 unspecified atom stereocenters. The van der Waals surface area contributed by atoms with Gasteiger partial charge in [0.1, 0.15) is 0 Å². The summed E-state index contributed by atoms with van der Waals surface area (Å²) in [5.41, 5.74) is 0.784. The molecule has 0 radical (unpaired) electrons. The second-order valence-corrected chi connectivity index (χ2v) is 5.19. The molecule has 0 aliphatic carbocycles. The zero-order valence-corrected chi connectivity index (χ0v) is 11.7. The van der Waals surface area contributed by atoms with Crippen LogP contribution in [0.5, 0.6) is 0 Å². The van der Waals surface area contributed by atoms with Crippen LogP contribution in [0.15, 0.2) is 30.3 Å². The number of amides is 1. The minimum absolute atomic E-state index is 0.0373. The summed E-state index contributed by atoms with van der Waals surface area (Å²) in [5.74, 6) is -1.55. The van der Waals surface area contributed by atoms with Gasteiger partial charge in [0.2, 0.25) is 0 Å². The number of ether oxygens (including phenoxy) is 1. The van der Waals surface area contributed by atoms with E-state index in [1.54, 1.807) is 4.90 Å². The lowest BCUT2D eigenvalue weighted by atomic mass is 9.99. The Hall–Kier alpha value is -1.88. The van der Waals surface area contributed by atoms with Crippen molar-refractivity contribution in [3.63, 3.8) is 0 Å². The number of carboxylic acid groups (broad SMARTS) is 1. The summed E-state index contributed by atoms with van der Waals surface area (Å²) in [6.45, 7) is 2.57. The van der Waals surface area contributed by atoms with E-state index in [1.807, 2.05) is 37.3 Å². The van der Waals surface area contributed by atoms with Gasteiger partial charge in [-0.05, 0) is 11.5 Å². The van der Waals surface area contributed by atoms with E-state index in [1.165, 1.54) is 7.11 Å². The highest BCUT2D eigenvalue weighted by Crippen LogP contribution is 2.27. The molecule has 1 heterocycles. The Kier molecular flexibility index (Phi) is 4.39. The van der Waals surface area contributed by atoms with Crippen LogP contribution >= 0.6 is 0 Å². The van der Waals surface area contributed by atoms with Gasteiger partial charge in [0, 0.05) is 20.2 Å². The molecule has 20 heavy (non-hydrogen) atoms. The lowest BCUT2D eigenvalue weighted by molar-refractivity contribution is -0.143. The second-order valence-electron chi connectivity index (χ2n) is 5.19. The maximum atomic E-state index is 12.5. The van der Waals surface area contributed by atoms with Crippen LogP contribution in [0.1, 0.15) is 18.6 Å². The van der Waals surface area contributed by atoms with Crippen molar-refractivity contribution in [2.75, 3.05) is 20.2 Å². The molecule has 0 saturated carbocycles. The molecule has 1 aliphatic heterocycles. The highest BCUT2D eigenvalue weighted by Gasteiger charge is 2.39. The van der Waals surface area contributed by atoms with Crippen LogP contribution in [0, 0.1) is 11.8 Å². The predicted molar refractivity (Wildman–Crippen MR) is 73.1 cm³/mol. The van der Waals surface area contributed by atoms with E-state index < -0.39 is 18.0 Å². The van der Waals surface area contributed by atoms with Crippen LogP contribution in [0.4, 0.5) is 0 Å². The minimum Gasteiger partial charge on any atom is -0.481 e. The average molecular weight is 277 g/mol. The molecule has 1 amide bonds. The summed E-state index contributed by atoms with van der Waals surface area (Å²) in [6, 6.07) is 9.24. The van der Waals surface area contributed by atoms with E-state index in [2.05, 4.69) is 0 Å². The van der Waals surface area contributed by atoms with Crippen LogP contribution in [-0.4, -0.2) is 42.1 Å². The fourth-order valence-corrected chi connectivity index (χ4v) is 2.64. The molecule has 1 fully saturated rings. The third kappa shape index (κ3) is 2.82.